The van der Waals surface area contributed by atoms with Crippen molar-refractivity contribution in [3.63, 3.8) is 0 Å². The Kier molecular flexibility index (Phi) is 7.65. The molecule has 3 rings (SSSR count). The molecule has 0 radical (unpaired) electrons. The number of nitrogens with zero attached hydrogens (tertiary/aromatic N) is 2. The molecule has 0 aliphatic heterocycles. The zero-order valence-corrected chi connectivity index (χ0v) is 18.9. The molecule has 1 amide bonds. The number of ether oxygens (including phenoxy) is 2. The van der Waals surface area contributed by atoms with E-state index >= 15 is 0 Å². The minimum absolute atomic E-state index is 0.0479. The molecule has 0 spiro atoms. The highest BCUT2D eigenvalue weighted by molar-refractivity contribution is 7.22. The summed E-state index contributed by atoms with van der Waals surface area (Å²) in [6, 6.07) is 13.1. The van der Waals surface area contributed by atoms with Crippen LogP contribution in [0.3, 0.4) is 0 Å². The number of hydrogen-bond donors (Lipinski definition) is 1. The second-order valence-corrected chi connectivity index (χ2v) is 7.96. The van der Waals surface area contributed by atoms with E-state index in [0.717, 1.165) is 41.3 Å². The first-order valence-corrected chi connectivity index (χ1v) is 11.2. The van der Waals surface area contributed by atoms with Crippen LogP contribution in [-0.2, 0) is 0 Å². The van der Waals surface area contributed by atoms with Gasteiger partial charge in [0.25, 0.3) is 5.91 Å². The smallest absolute Gasteiger partial charge is 0.260 e. The number of nitrogens with one attached hydrogen (secondary N) is 1. The third kappa shape index (κ3) is 5.09. The van der Waals surface area contributed by atoms with Crippen LogP contribution in [0.4, 0.5) is 5.13 Å². The van der Waals surface area contributed by atoms with Gasteiger partial charge < -0.3 is 14.4 Å². The number of amides is 1. The number of benzene rings is 2. The van der Waals surface area contributed by atoms with Gasteiger partial charge in [-0.15, -0.1) is 0 Å². The van der Waals surface area contributed by atoms with E-state index in [4.69, 9.17) is 14.5 Å². The van der Waals surface area contributed by atoms with Crippen LogP contribution >= 0.6 is 11.3 Å². The summed E-state index contributed by atoms with van der Waals surface area (Å²) >= 11 is 1.52. The molecule has 0 fully saturated rings. The zero-order chi connectivity index (χ0) is 21.5. The molecule has 3 aromatic rings. The molecule has 1 N–H and O–H groups in total. The van der Waals surface area contributed by atoms with Crippen molar-refractivity contribution in [3.8, 4) is 11.5 Å². The second kappa shape index (κ2) is 10.4. The van der Waals surface area contributed by atoms with Crippen LogP contribution in [0.5, 0.6) is 11.5 Å². The molecule has 0 aliphatic carbocycles. The maximum Gasteiger partial charge on any atom is 0.260 e. The fourth-order valence-corrected chi connectivity index (χ4v) is 4.33. The molecule has 1 aromatic heterocycles. The number of hydrogen-bond acceptors (Lipinski definition) is 5. The number of quaternary nitrogens is 1. The highest BCUT2D eigenvalue weighted by Crippen LogP contribution is 2.32. The molecule has 7 heteroatoms. The Morgan fingerprint density at radius 3 is 2.40 bits per heavy atom. The standard InChI is InChI=1S/C23H29N3O3S/c1-5-25(6-2)14-15-26(22(27)17-8-10-18(28-4)11-9-17)23-24-20-13-12-19(29-7-3)16-21(20)30-23/h8-13,16H,5-7,14-15H2,1-4H3/p+1. The summed E-state index contributed by atoms with van der Waals surface area (Å²) in [5, 5.41) is 0.714. The monoisotopic (exact) mass is 428 g/mol. The van der Waals surface area contributed by atoms with Gasteiger partial charge in [-0.1, -0.05) is 11.3 Å². The van der Waals surface area contributed by atoms with Crippen LogP contribution in [0, 0.1) is 0 Å². The van der Waals surface area contributed by atoms with Gasteiger partial charge in [0.15, 0.2) is 5.13 Å². The van der Waals surface area contributed by atoms with Crippen LogP contribution in [0.2, 0.25) is 0 Å². The number of likely N-dealkylation sites (N-methyl/N-ethyl adjacent to an activating group) is 1. The van der Waals surface area contributed by atoms with Crippen LogP contribution in [-0.4, -0.2) is 50.8 Å². The number of fused-ring (bicyclic) bond motifs is 1. The number of carbonyl (C=O) groups excluding carboxylic acids is 1. The summed E-state index contributed by atoms with van der Waals surface area (Å²) in [5.41, 5.74) is 1.50. The molecule has 0 unspecified atom stereocenters. The van der Waals surface area contributed by atoms with E-state index in [0.29, 0.717) is 23.8 Å². The molecule has 6 nitrogen and oxygen atoms in total. The van der Waals surface area contributed by atoms with E-state index in [-0.39, 0.29) is 5.91 Å². The molecule has 2 aromatic carbocycles. The number of aromatic nitrogens is 1. The minimum Gasteiger partial charge on any atom is -0.497 e. The SMILES string of the molecule is CCOc1ccc2nc(N(CC[NH+](CC)CC)C(=O)c3ccc(OC)cc3)sc2c1. The molecule has 160 valence electrons. The Bertz CT molecular complexity index is 967. The topological polar surface area (TPSA) is 56.1 Å². The van der Waals surface area contributed by atoms with Gasteiger partial charge in [0.1, 0.15) is 11.5 Å². The third-order valence-electron chi connectivity index (χ3n) is 5.16. The van der Waals surface area contributed by atoms with E-state index in [2.05, 4.69) is 13.8 Å². The second-order valence-electron chi connectivity index (χ2n) is 6.95. The van der Waals surface area contributed by atoms with E-state index in [1.165, 1.54) is 16.2 Å². The zero-order valence-electron chi connectivity index (χ0n) is 18.1. The summed E-state index contributed by atoms with van der Waals surface area (Å²) < 4.78 is 11.8. The van der Waals surface area contributed by atoms with E-state index in [1.54, 1.807) is 24.1 Å². The Hall–Kier alpha value is -2.64. The maximum absolute atomic E-state index is 13.4. The lowest BCUT2D eigenvalue weighted by molar-refractivity contribution is -0.894. The molecule has 1 heterocycles. The van der Waals surface area contributed by atoms with Gasteiger partial charge in [-0.3, -0.25) is 9.69 Å². The quantitative estimate of drug-likeness (QED) is 0.539. The summed E-state index contributed by atoms with van der Waals surface area (Å²) in [5.74, 6) is 1.50. The highest BCUT2D eigenvalue weighted by Gasteiger charge is 2.23. The number of anilines is 1. The van der Waals surface area contributed by atoms with Gasteiger partial charge in [-0.25, -0.2) is 4.98 Å². The van der Waals surface area contributed by atoms with Crippen molar-refractivity contribution in [3.05, 3.63) is 48.0 Å². The van der Waals surface area contributed by atoms with Gasteiger partial charge in [-0.05, 0) is 63.2 Å². The van der Waals surface area contributed by atoms with Crippen molar-refractivity contribution < 1.29 is 19.2 Å². The fourth-order valence-electron chi connectivity index (χ4n) is 3.31. The fraction of sp³-hybridized carbons (Fsp3) is 0.391. The average molecular weight is 429 g/mol. The summed E-state index contributed by atoms with van der Waals surface area (Å²) in [4.78, 5) is 21.4. The molecule has 0 saturated carbocycles. The van der Waals surface area contributed by atoms with Crippen molar-refractivity contribution in [2.75, 3.05) is 44.8 Å². The van der Waals surface area contributed by atoms with Gasteiger partial charge in [0, 0.05) is 5.56 Å². The lowest BCUT2D eigenvalue weighted by atomic mass is 10.2. The first-order chi connectivity index (χ1) is 14.6. The normalized spacial score (nSPS) is 11.1. The van der Waals surface area contributed by atoms with Crippen molar-refractivity contribution in [2.24, 2.45) is 0 Å². The average Bonchev–Trinajstić information content (AvgIpc) is 3.19. The van der Waals surface area contributed by atoms with Crippen molar-refractivity contribution in [1.82, 2.24) is 4.98 Å². The van der Waals surface area contributed by atoms with E-state index in [1.807, 2.05) is 37.3 Å². The Balaban J connectivity index is 1.93. The number of thiazole rings is 1. The predicted molar refractivity (Wildman–Crippen MR) is 122 cm³/mol. The van der Waals surface area contributed by atoms with Crippen molar-refractivity contribution in [1.29, 1.82) is 0 Å². The first kappa shape index (κ1) is 22.1. The minimum atomic E-state index is -0.0479. The van der Waals surface area contributed by atoms with E-state index in [9.17, 15) is 4.79 Å². The molecule has 0 atom stereocenters. The number of rotatable bonds is 10. The molecule has 0 bridgehead atoms. The molecule has 0 aliphatic rings. The van der Waals surface area contributed by atoms with Crippen molar-refractivity contribution >= 4 is 32.6 Å². The van der Waals surface area contributed by atoms with Gasteiger partial charge in [0.05, 0.1) is 50.1 Å². The lowest BCUT2D eigenvalue weighted by Gasteiger charge is -2.23. The van der Waals surface area contributed by atoms with Crippen LogP contribution in [0.15, 0.2) is 42.5 Å². The Morgan fingerprint density at radius 1 is 1.07 bits per heavy atom. The molecular weight excluding hydrogens is 398 g/mol. The molecule has 0 saturated heterocycles. The van der Waals surface area contributed by atoms with Crippen molar-refractivity contribution in [2.45, 2.75) is 20.8 Å². The first-order valence-electron chi connectivity index (χ1n) is 10.4. The molecular formula is C23H30N3O3S+. The van der Waals surface area contributed by atoms with Crippen LogP contribution in [0.1, 0.15) is 31.1 Å². The van der Waals surface area contributed by atoms with Gasteiger partial charge >= 0.3 is 0 Å². The summed E-state index contributed by atoms with van der Waals surface area (Å²) in [7, 11) is 1.62. The largest absolute Gasteiger partial charge is 0.497 e. The molecule has 30 heavy (non-hydrogen) atoms. The number of methoxy groups -OCH3 is 1. The summed E-state index contributed by atoms with van der Waals surface area (Å²) in [6.07, 6.45) is 0. The third-order valence-corrected chi connectivity index (χ3v) is 6.20. The predicted octanol–water partition coefficient (Wildman–Crippen LogP) is 3.28. The maximum atomic E-state index is 13.4. The van der Waals surface area contributed by atoms with E-state index < -0.39 is 0 Å². The Labute approximate surface area is 182 Å². The van der Waals surface area contributed by atoms with Gasteiger partial charge in [0.2, 0.25) is 0 Å². The van der Waals surface area contributed by atoms with Crippen LogP contribution in [0.25, 0.3) is 10.2 Å². The summed E-state index contributed by atoms with van der Waals surface area (Å²) in [6.45, 7) is 10.5. The van der Waals surface area contributed by atoms with Gasteiger partial charge in [-0.2, -0.15) is 0 Å². The Morgan fingerprint density at radius 2 is 1.77 bits per heavy atom. The highest BCUT2D eigenvalue weighted by atomic mass is 32.1. The number of carbonyl (C=O) groups is 1. The van der Waals surface area contributed by atoms with Crippen LogP contribution < -0.4 is 19.3 Å². The lowest BCUT2D eigenvalue weighted by Crippen LogP contribution is -3.12.